The van der Waals surface area contributed by atoms with E-state index in [9.17, 15) is 18.0 Å². The molecule has 0 bridgehead atoms. The van der Waals surface area contributed by atoms with E-state index in [2.05, 4.69) is 0 Å². The summed E-state index contributed by atoms with van der Waals surface area (Å²) in [6, 6.07) is 3.21. The number of carbonyl (C=O) groups is 1. The molecular weight excluding hydrogens is 275 g/mol. The second kappa shape index (κ2) is 6.14. The molecule has 0 N–H and O–H groups in total. The fourth-order valence-electron chi connectivity index (χ4n) is 1.38. The minimum absolute atomic E-state index is 0.0698. The zero-order valence-electron chi connectivity index (χ0n) is 10.8. The predicted octanol–water partition coefficient (Wildman–Crippen LogP) is 3.69. The summed E-state index contributed by atoms with van der Waals surface area (Å²) in [5, 5.41) is 0. The first-order chi connectivity index (χ1) is 8.75. The zero-order chi connectivity index (χ0) is 14.6. The number of benzene rings is 1. The first kappa shape index (κ1) is 15.6. The van der Waals surface area contributed by atoms with Crippen LogP contribution in [-0.2, 0) is 6.18 Å². The lowest BCUT2D eigenvalue weighted by Gasteiger charge is -2.11. The van der Waals surface area contributed by atoms with Crippen LogP contribution in [0.1, 0.15) is 15.9 Å². The third-order valence-electron chi connectivity index (χ3n) is 2.32. The maximum absolute atomic E-state index is 12.6. The molecule has 0 heterocycles. The molecule has 0 fully saturated rings. The Bertz CT molecular complexity index is 495. The Morgan fingerprint density at radius 1 is 1.32 bits per heavy atom. The van der Waals surface area contributed by atoms with E-state index < -0.39 is 17.5 Å². The van der Waals surface area contributed by atoms with Crippen LogP contribution in [0.3, 0.4) is 0 Å². The van der Waals surface area contributed by atoms with Gasteiger partial charge in [0.2, 0.25) is 0 Å². The van der Waals surface area contributed by atoms with Crippen LogP contribution in [0, 0.1) is 0 Å². The maximum atomic E-state index is 12.6. The fourth-order valence-corrected chi connectivity index (χ4v) is 1.97. The third-order valence-corrected chi connectivity index (χ3v) is 3.11. The van der Waals surface area contributed by atoms with Crippen molar-refractivity contribution in [2.45, 2.75) is 11.1 Å². The van der Waals surface area contributed by atoms with E-state index in [1.807, 2.05) is 0 Å². The Kier molecular flexibility index (Phi) is 5.05. The van der Waals surface area contributed by atoms with Crippen molar-refractivity contribution in [3.8, 4) is 0 Å². The van der Waals surface area contributed by atoms with Crippen LogP contribution in [-0.4, -0.2) is 31.0 Å². The molecule has 19 heavy (non-hydrogen) atoms. The lowest BCUT2D eigenvalue weighted by Crippen LogP contribution is -2.08. The molecule has 6 heteroatoms. The van der Waals surface area contributed by atoms with Gasteiger partial charge in [-0.3, -0.25) is 4.79 Å². The van der Waals surface area contributed by atoms with Gasteiger partial charge in [-0.2, -0.15) is 13.2 Å². The van der Waals surface area contributed by atoms with Crippen molar-refractivity contribution < 1.29 is 18.0 Å². The minimum atomic E-state index is -4.45. The van der Waals surface area contributed by atoms with Crippen LogP contribution in [0.5, 0.6) is 0 Å². The number of nitrogens with zero attached hydrogens (tertiary/aromatic N) is 1. The summed E-state index contributed by atoms with van der Waals surface area (Å²) in [4.78, 5) is 14.1. The quantitative estimate of drug-likeness (QED) is 0.479. The van der Waals surface area contributed by atoms with Gasteiger partial charge in [0.05, 0.1) is 5.56 Å². The number of halogens is 3. The Hall–Kier alpha value is -1.43. The van der Waals surface area contributed by atoms with E-state index in [-0.39, 0.29) is 5.56 Å². The molecule has 0 radical (unpaired) electrons. The topological polar surface area (TPSA) is 20.3 Å². The van der Waals surface area contributed by atoms with Crippen molar-refractivity contribution in [3.63, 3.8) is 0 Å². The molecule has 0 aliphatic rings. The highest BCUT2D eigenvalue weighted by molar-refractivity contribution is 7.98. The Morgan fingerprint density at radius 3 is 2.42 bits per heavy atom. The van der Waals surface area contributed by atoms with Crippen LogP contribution in [0.15, 0.2) is 35.4 Å². The SMILES string of the molecule is CSc1ccc(C(F)(F)F)cc1C(=O)C=CN(C)C. The molecule has 0 aliphatic carbocycles. The van der Waals surface area contributed by atoms with Crippen molar-refractivity contribution in [2.75, 3.05) is 20.4 Å². The molecule has 0 spiro atoms. The zero-order valence-corrected chi connectivity index (χ0v) is 11.6. The molecule has 1 rings (SSSR count). The monoisotopic (exact) mass is 289 g/mol. The Morgan fingerprint density at radius 2 is 1.95 bits per heavy atom. The molecule has 0 amide bonds. The minimum Gasteiger partial charge on any atom is -0.383 e. The van der Waals surface area contributed by atoms with Gasteiger partial charge in [0, 0.05) is 36.8 Å². The van der Waals surface area contributed by atoms with E-state index in [0.717, 1.165) is 12.1 Å². The Balaban J connectivity index is 3.20. The van der Waals surface area contributed by atoms with Crippen LogP contribution in [0.25, 0.3) is 0 Å². The molecular formula is C13H14F3NOS. The average Bonchev–Trinajstić information content (AvgIpc) is 2.33. The van der Waals surface area contributed by atoms with Crippen LogP contribution < -0.4 is 0 Å². The van der Waals surface area contributed by atoms with E-state index in [1.54, 1.807) is 25.3 Å². The van der Waals surface area contributed by atoms with Gasteiger partial charge < -0.3 is 4.90 Å². The van der Waals surface area contributed by atoms with E-state index in [4.69, 9.17) is 0 Å². The second-order valence-corrected chi connectivity index (χ2v) is 4.90. The molecule has 1 aromatic carbocycles. The molecule has 0 aromatic heterocycles. The first-order valence-corrected chi connectivity index (χ1v) is 6.62. The number of rotatable bonds is 4. The smallest absolute Gasteiger partial charge is 0.383 e. The molecule has 0 saturated heterocycles. The normalized spacial score (nSPS) is 11.9. The molecule has 0 unspecified atom stereocenters. The summed E-state index contributed by atoms with van der Waals surface area (Å²) in [5.74, 6) is -0.441. The predicted molar refractivity (Wildman–Crippen MR) is 70.4 cm³/mol. The molecule has 0 saturated carbocycles. The van der Waals surface area contributed by atoms with Crippen molar-refractivity contribution in [2.24, 2.45) is 0 Å². The van der Waals surface area contributed by atoms with Gasteiger partial charge in [0.25, 0.3) is 0 Å². The van der Waals surface area contributed by atoms with Crippen LogP contribution >= 0.6 is 11.8 Å². The first-order valence-electron chi connectivity index (χ1n) is 5.40. The summed E-state index contributed by atoms with van der Waals surface area (Å²) >= 11 is 1.24. The highest BCUT2D eigenvalue weighted by Crippen LogP contribution is 2.32. The largest absolute Gasteiger partial charge is 0.416 e. The average molecular weight is 289 g/mol. The van der Waals surface area contributed by atoms with Gasteiger partial charge >= 0.3 is 6.18 Å². The van der Waals surface area contributed by atoms with Crippen molar-refractivity contribution in [1.29, 1.82) is 0 Å². The van der Waals surface area contributed by atoms with Crippen molar-refractivity contribution in [3.05, 3.63) is 41.6 Å². The van der Waals surface area contributed by atoms with Crippen LogP contribution in [0.4, 0.5) is 13.2 Å². The lowest BCUT2D eigenvalue weighted by atomic mass is 10.1. The molecule has 104 valence electrons. The van der Waals surface area contributed by atoms with Gasteiger partial charge in [0.1, 0.15) is 0 Å². The maximum Gasteiger partial charge on any atom is 0.416 e. The summed E-state index contributed by atoms with van der Waals surface area (Å²) in [5.41, 5.74) is -0.743. The number of alkyl halides is 3. The standard InChI is InChI=1S/C13H14F3NOS/c1-17(2)7-6-11(18)10-8-9(13(14,15)16)4-5-12(10)19-3/h4-8H,1-3H3. The van der Waals surface area contributed by atoms with Gasteiger partial charge in [-0.25, -0.2) is 0 Å². The number of carbonyl (C=O) groups excluding carboxylic acids is 1. The molecule has 0 atom stereocenters. The van der Waals surface area contributed by atoms with Crippen molar-refractivity contribution in [1.82, 2.24) is 4.90 Å². The number of thioether (sulfide) groups is 1. The number of hydrogen-bond acceptors (Lipinski definition) is 3. The Labute approximate surface area is 114 Å². The van der Waals surface area contributed by atoms with Crippen molar-refractivity contribution >= 4 is 17.5 Å². The third kappa shape index (κ3) is 4.31. The molecule has 1 aromatic rings. The number of hydrogen-bond donors (Lipinski definition) is 0. The van der Waals surface area contributed by atoms with E-state index in [1.165, 1.54) is 30.1 Å². The summed E-state index contributed by atoms with van der Waals surface area (Å²) in [6.45, 7) is 0. The van der Waals surface area contributed by atoms with E-state index in [0.29, 0.717) is 4.90 Å². The van der Waals surface area contributed by atoms with Crippen LogP contribution in [0.2, 0.25) is 0 Å². The lowest BCUT2D eigenvalue weighted by molar-refractivity contribution is -0.137. The highest BCUT2D eigenvalue weighted by Gasteiger charge is 2.31. The van der Waals surface area contributed by atoms with Gasteiger partial charge in [-0.05, 0) is 24.5 Å². The second-order valence-electron chi connectivity index (χ2n) is 4.06. The fraction of sp³-hybridized carbons (Fsp3) is 0.308. The van der Waals surface area contributed by atoms with Gasteiger partial charge in [0.15, 0.2) is 5.78 Å². The van der Waals surface area contributed by atoms with Gasteiger partial charge in [-0.15, -0.1) is 11.8 Å². The summed E-state index contributed by atoms with van der Waals surface area (Å²) < 4.78 is 37.9. The van der Waals surface area contributed by atoms with Gasteiger partial charge in [-0.1, -0.05) is 0 Å². The summed E-state index contributed by atoms with van der Waals surface area (Å²) in [6.07, 6.45) is 0.0359. The number of allylic oxidation sites excluding steroid dienone is 1. The molecule has 0 aliphatic heterocycles. The highest BCUT2D eigenvalue weighted by atomic mass is 32.2. The molecule has 2 nitrogen and oxygen atoms in total. The summed E-state index contributed by atoms with van der Waals surface area (Å²) in [7, 11) is 3.46. The number of ketones is 1. The van der Waals surface area contributed by atoms with E-state index >= 15 is 0 Å².